The molecule has 41 heavy (non-hydrogen) atoms. The van der Waals surface area contributed by atoms with Gasteiger partial charge in [-0.3, -0.25) is 9.59 Å². The Bertz CT molecular complexity index is 1800. The summed E-state index contributed by atoms with van der Waals surface area (Å²) in [6.45, 7) is 4.95. The number of Topliss-reactive ketones (excluding diaryl/α,β-unsaturated/α-hetero) is 1. The van der Waals surface area contributed by atoms with Crippen molar-refractivity contribution in [2.24, 2.45) is 5.16 Å². The highest BCUT2D eigenvalue weighted by atomic mass is 16.7. The van der Waals surface area contributed by atoms with Crippen molar-refractivity contribution in [3.05, 3.63) is 113 Å². The maximum absolute atomic E-state index is 13.7. The van der Waals surface area contributed by atoms with E-state index in [9.17, 15) is 14.4 Å². The highest BCUT2D eigenvalue weighted by Crippen LogP contribution is 2.35. The number of fused-ring (bicyclic) bond motifs is 3. The average molecular weight is 545 g/mol. The van der Waals surface area contributed by atoms with Crippen molar-refractivity contribution in [3.8, 4) is 5.69 Å². The van der Waals surface area contributed by atoms with Crippen molar-refractivity contribution < 1.29 is 19.2 Å². The van der Waals surface area contributed by atoms with Gasteiger partial charge in [0, 0.05) is 34.4 Å². The molecule has 0 bridgehead atoms. The number of aromatic nitrogens is 1. The van der Waals surface area contributed by atoms with Crippen molar-refractivity contribution in [3.63, 3.8) is 0 Å². The van der Waals surface area contributed by atoms with Gasteiger partial charge in [-0.1, -0.05) is 73.5 Å². The molecule has 5 rings (SSSR count). The summed E-state index contributed by atoms with van der Waals surface area (Å²) in [5.74, 6) is -0.973. The van der Waals surface area contributed by atoms with Gasteiger partial charge in [0.05, 0.1) is 16.7 Å². The molecule has 6 nitrogen and oxygen atoms in total. The van der Waals surface area contributed by atoms with Gasteiger partial charge < -0.3 is 9.40 Å². The summed E-state index contributed by atoms with van der Waals surface area (Å²) >= 11 is 0. The second-order valence-corrected chi connectivity index (χ2v) is 10.2. The Morgan fingerprint density at radius 3 is 2.17 bits per heavy atom. The molecule has 0 saturated carbocycles. The van der Waals surface area contributed by atoms with E-state index in [2.05, 4.69) is 34.8 Å². The molecule has 0 fully saturated rings. The Morgan fingerprint density at radius 1 is 0.756 bits per heavy atom. The smallest absolute Gasteiger partial charge is 0.318 e. The minimum absolute atomic E-state index is 0.0588. The maximum atomic E-state index is 13.7. The van der Waals surface area contributed by atoms with Crippen LogP contribution in [0, 0.1) is 0 Å². The average Bonchev–Trinajstić information content (AvgIpc) is 3.32. The molecule has 0 aliphatic rings. The van der Waals surface area contributed by atoms with Crippen LogP contribution in [0.2, 0.25) is 0 Å². The van der Waals surface area contributed by atoms with Gasteiger partial charge in [-0.05, 0) is 67.8 Å². The van der Waals surface area contributed by atoms with Gasteiger partial charge in [-0.2, -0.15) is 0 Å². The summed E-state index contributed by atoms with van der Waals surface area (Å²) < 4.78 is 2.10. The minimum Gasteiger partial charge on any atom is -0.318 e. The highest BCUT2D eigenvalue weighted by molar-refractivity contribution is 6.45. The second kappa shape index (κ2) is 12.1. The fraction of sp³-hybridized carbons (Fsp3) is 0.200. The number of hydrogen-bond donors (Lipinski definition) is 0. The second-order valence-electron chi connectivity index (χ2n) is 10.2. The van der Waals surface area contributed by atoms with Gasteiger partial charge in [0.15, 0.2) is 5.78 Å². The molecule has 1 aromatic heterocycles. The molecule has 0 saturated heterocycles. The molecule has 6 heteroatoms. The SMILES string of the molecule is CCCCCc1ccc2c(c1)c1cc(C(=O)C(C)=NOC(C)=O)ccc1n2-c1ccccc1C(=O)c1ccccc1. The Balaban J connectivity index is 1.71. The van der Waals surface area contributed by atoms with Gasteiger partial charge >= 0.3 is 5.97 Å². The lowest BCUT2D eigenvalue weighted by atomic mass is 10.0. The summed E-state index contributed by atoms with van der Waals surface area (Å²) in [5, 5.41) is 5.58. The molecule has 0 radical (unpaired) electrons. The maximum Gasteiger partial charge on any atom is 0.331 e. The number of nitrogens with zero attached hydrogens (tertiary/aromatic N) is 2. The quantitative estimate of drug-likeness (QED) is 0.0589. The first-order valence-corrected chi connectivity index (χ1v) is 13.9. The number of ketones is 2. The van der Waals surface area contributed by atoms with Gasteiger partial charge in [0.1, 0.15) is 5.71 Å². The third kappa shape index (κ3) is 5.73. The van der Waals surface area contributed by atoms with Crippen molar-refractivity contribution >= 4 is 45.1 Å². The third-order valence-corrected chi connectivity index (χ3v) is 7.23. The lowest BCUT2D eigenvalue weighted by Crippen LogP contribution is -2.12. The number of oxime groups is 1. The number of carbonyl (C=O) groups excluding carboxylic acids is 3. The molecule has 5 aromatic rings. The van der Waals surface area contributed by atoms with Crippen molar-refractivity contribution in [1.29, 1.82) is 0 Å². The van der Waals surface area contributed by atoms with Gasteiger partial charge in [0.25, 0.3) is 0 Å². The van der Waals surface area contributed by atoms with Gasteiger partial charge in [-0.25, -0.2) is 4.79 Å². The zero-order valence-electron chi connectivity index (χ0n) is 23.5. The van der Waals surface area contributed by atoms with Crippen LogP contribution in [0.1, 0.15) is 71.9 Å². The van der Waals surface area contributed by atoms with Crippen molar-refractivity contribution in [2.75, 3.05) is 0 Å². The molecule has 1 heterocycles. The minimum atomic E-state index is -0.588. The van der Waals surface area contributed by atoms with Crippen LogP contribution in [0.15, 0.2) is 96.2 Å². The molecule has 0 atom stereocenters. The summed E-state index contributed by atoms with van der Waals surface area (Å²) in [7, 11) is 0. The van der Waals surface area contributed by atoms with E-state index < -0.39 is 5.97 Å². The highest BCUT2D eigenvalue weighted by Gasteiger charge is 2.21. The predicted molar refractivity (Wildman–Crippen MR) is 163 cm³/mol. The van der Waals surface area contributed by atoms with E-state index in [0.717, 1.165) is 53.2 Å². The van der Waals surface area contributed by atoms with Crippen LogP contribution >= 0.6 is 0 Å². The Kier molecular flexibility index (Phi) is 8.20. The van der Waals surface area contributed by atoms with Crippen LogP contribution in [0.25, 0.3) is 27.5 Å². The molecular formula is C35H32N2O4. The summed E-state index contributed by atoms with van der Waals surface area (Å²) in [4.78, 5) is 42.7. The Hall–Kier alpha value is -4.84. The first-order chi connectivity index (χ1) is 19.9. The summed E-state index contributed by atoms with van der Waals surface area (Å²) in [6, 6.07) is 28.9. The summed E-state index contributed by atoms with van der Waals surface area (Å²) in [5.41, 5.74) is 5.56. The van der Waals surface area contributed by atoms with Crippen LogP contribution in [-0.4, -0.2) is 27.8 Å². The molecule has 206 valence electrons. The lowest BCUT2D eigenvalue weighted by molar-refractivity contribution is -0.140. The molecule has 0 amide bonds. The topological polar surface area (TPSA) is 77.7 Å². The van der Waals surface area contributed by atoms with Gasteiger partial charge in [-0.15, -0.1) is 0 Å². The summed E-state index contributed by atoms with van der Waals surface area (Å²) in [6.07, 6.45) is 4.37. The zero-order valence-corrected chi connectivity index (χ0v) is 23.5. The molecule has 0 spiro atoms. The number of para-hydroxylation sites is 1. The number of carbonyl (C=O) groups is 3. The Morgan fingerprint density at radius 2 is 1.44 bits per heavy atom. The van der Waals surface area contributed by atoms with E-state index in [0.29, 0.717) is 16.7 Å². The molecule has 0 N–H and O–H groups in total. The fourth-order valence-corrected chi connectivity index (χ4v) is 5.19. The van der Waals surface area contributed by atoms with E-state index in [-0.39, 0.29) is 17.3 Å². The monoisotopic (exact) mass is 544 g/mol. The van der Waals surface area contributed by atoms with Crippen molar-refractivity contribution in [1.82, 2.24) is 4.57 Å². The van der Waals surface area contributed by atoms with Crippen molar-refractivity contribution in [2.45, 2.75) is 46.5 Å². The van der Waals surface area contributed by atoms with Crippen LogP contribution < -0.4 is 0 Å². The number of hydrogen-bond acceptors (Lipinski definition) is 5. The number of unbranched alkanes of at least 4 members (excludes halogenated alkanes) is 2. The number of rotatable bonds is 10. The lowest BCUT2D eigenvalue weighted by Gasteiger charge is -2.13. The van der Waals surface area contributed by atoms with E-state index in [4.69, 9.17) is 4.84 Å². The predicted octanol–water partition coefficient (Wildman–Crippen LogP) is 7.87. The molecule has 0 aliphatic carbocycles. The zero-order chi connectivity index (χ0) is 28.9. The van der Waals surface area contributed by atoms with E-state index in [1.54, 1.807) is 6.07 Å². The van der Waals surface area contributed by atoms with Crippen LogP contribution in [-0.2, 0) is 16.1 Å². The molecule has 0 aliphatic heterocycles. The number of aryl methyl sites for hydroxylation is 1. The molecule has 4 aromatic carbocycles. The van der Waals surface area contributed by atoms with Crippen LogP contribution in [0.3, 0.4) is 0 Å². The largest absolute Gasteiger partial charge is 0.331 e. The van der Waals surface area contributed by atoms with Gasteiger partial charge in [0.2, 0.25) is 5.78 Å². The first kappa shape index (κ1) is 27.7. The molecule has 0 unspecified atom stereocenters. The van der Waals surface area contributed by atoms with E-state index >= 15 is 0 Å². The van der Waals surface area contributed by atoms with Crippen LogP contribution in [0.5, 0.6) is 0 Å². The molecular weight excluding hydrogens is 512 g/mol. The van der Waals surface area contributed by atoms with E-state index in [1.165, 1.54) is 19.4 Å². The van der Waals surface area contributed by atoms with E-state index in [1.807, 2.05) is 66.7 Å². The fourth-order valence-electron chi connectivity index (χ4n) is 5.19. The Labute approximate surface area is 239 Å². The standard InChI is InChI=1S/C35H32N2O4/c1-4-5-7-12-25-17-19-32-29(21-25)30-22-27(34(39)23(2)36-41-24(3)38)18-20-33(30)37(32)31-16-11-10-15-28(31)35(40)26-13-8-6-9-14-26/h6,8-11,13-22H,4-5,7,12H2,1-3H3. The number of benzene rings is 4. The van der Waals surface area contributed by atoms with Crippen LogP contribution in [0.4, 0.5) is 0 Å². The first-order valence-electron chi connectivity index (χ1n) is 13.9. The normalized spacial score (nSPS) is 11.6. The third-order valence-electron chi connectivity index (χ3n) is 7.23.